The zero-order valence-corrected chi connectivity index (χ0v) is 17.1. The SMILES string of the molecule is C/C=N/OCc1nc2c(N)nc3ccccc3c2n1CC(C)C.c1ccccc1. The van der Waals surface area contributed by atoms with Crippen LogP contribution in [0.1, 0.15) is 26.6 Å². The van der Waals surface area contributed by atoms with Crippen LogP contribution in [0.4, 0.5) is 5.82 Å². The van der Waals surface area contributed by atoms with Crippen LogP contribution in [0.15, 0.2) is 65.8 Å². The minimum atomic E-state index is 0.305. The second-order valence-electron chi connectivity index (χ2n) is 7.04. The van der Waals surface area contributed by atoms with Crippen molar-refractivity contribution in [2.24, 2.45) is 11.1 Å². The lowest BCUT2D eigenvalue weighted by Crippen LogP contribution is -2.09. The number of anilines is 1. The van der Waals surface area contributed by atoms with E-state index in [1.165, 1.54) is 0 Å². The molecular weight excluding hydrogens is 362 g/mol. The number of nitrogens with zero attached hydrogens (tertiary/aromatic N) is 4. The first-order valence-corrected chi connectivity index (χ1v) is 9.75. The zero-order chi connectivity index (χ0) is 20.6. The van der Waals surface area contributed by atoms with Gasteiger partial charge in [0.05, 0.1) is 11.0 Å². The molecule has 0 bridgehead atoms. The summed E-state index contributed by atoms with van der Waals surface area (Å²) in [6.45, 7) is 7.30. The molecule has 150 valence electrons. The van der Waals surface area contributed by atoms with Crippen molar-refractivity contribution in [2.45, 2.75) is 33.9 Å². The number of aromatic nitrogens is 3. The highest BCUT2D eigenvalue weighted by molar-refractivity contribution is 6.06. The second kappa shape index (κ2) is 9.68. The average molecular weight is 390 g/mol. The van der Waals surface area contributed by atoms with Gasteiger partial charge >= 0.3 is 0 Å². The zero-order valence-electron chi connectivity index (χ0n) is 17.1. The van der Waals surface area contributed by atoms with Crippen molar-refractivity contribution in [1.82, 2.24) is 14.5 Å². The highest BCUT2D eigenvalue weighted by atomic mass is 16.6. The molecule has 4 aromatic rings. The van der Waals surface area contributed by atoms with E-state index in [2.05, 4.69) is 39.6 Å². The molecule has 0 fully saturated rings. The van der Waals surface area contributed by atoms with E-state index in [0.29, 0.717) is 18.3 Å². The molecule has 0 aliphatic carbocycles. The molecule has 29 heavy (non-hydrogen) atoms. The Morgan fingerprint density at radius 1 is 1.03 bits per heavy atom. The molecule has 6 nitrogen and oxygen atoms in total. The highest BCUT2D eigenvalue weighted by Gasteiger charge is 2.18. The quantitative estimate of drug-likeness (QED) is 0.383. The Kier molecular flexibility index (Phi) is 6.79. The molecule has 4 rings (SSSR count). The molecule has 0 amide bonds. The fraction of sp³-hybridized carbons (Fsp3) is 0.261. The molecule has 0 atom stereocenters. The van der Waals surface area contributed by atoms with E-state index in [4.69, 9.17) is 10.6 Å². The van der Waals surface area contributed by atoms with E-state index in [0.717, 1.165) is 34.3 Å². The van der Waals surface area contributed by atoms with E-state index in [9.17, 15) is 0 Å². The number of nitrogens with two attached hydrogens (primary N) is 1. The topological polar surface area (TPSA) is 78.3 Å². The molecule has 0 saturated heterocycles. The van der Waals surface area contributed by atoms with E-state index in [1.807, 2.05) is 61.5 Å². The average Bonchev–Trinajstić information content (AvgIpc) is 3.09. The number of imidazole rings is 1. The highest BCUT2D eigenvalue weighted by Crippen LogP contribution is 2.29. The number of pyridine rings is 1. The maximum absolute atomic E-state index is 6.13. The number of para-hydroxylation sites is 1. The maximum Gasteiger partial charge on any atom is 0.174 e. The van der Waals surface area contributed by atoms with Crippen molar-refractivity contribution in [2.75, 3.05) is 5.73 Å². The third-order valence-electron chi connectivity index (χ3n) is 4.28. The van der Waals surface area contributed by atoms with Crippen LogP contribution >= 0.6 is 0 Å². The van der Waals surface area contributed by atoms with Crippen LogP contribution < -0.4 is 5.73 Å². The van der Waals surface area contributed by atoms with Gasteiger partial charge in [-0.1, -0.05) is 73.6 Å². The number of benzene rings is 2. The van der Waals surface area contributed by atoms with E-state index in [1.54, 1.807) is 6.21 Å². The maximum atomic E-state index is 6.13. The van der Waals surface area contributed by atoms with Gasteiger partial charge in [-0.25, -0.2) is 9.97 Å². The fourth-order valence-electron chi connectivity index (χ4n) is 3.13. The lowest BCUT2D eigenvalue weighted by atomic mass is 10.1. The van der Waals surface area contributed by atoms with Crippen molar-refractivity contribution in [3.63, 3.8) is 0 Å². The summed E-state index contributed by atoms with van der Waals surface area (Å²) in [7, 11) is 0. The predicted molar refractivity (Wildman–Crippen MR) is 120 cm³/mol. The van der Waals surface area contributed by atoms with Gasteiger partial charge in [-0.15, -0.1) is 0 Å². The van der Waals surface area contributed by atoms with Gasteiger partial charge < -0.3 is 15.1 Å². The molecular formula is C23H27N5O. The van der Waals surface area contributed by atoms with E-state index in [-0.39, 0.29) is 0 Å². The van der Waals surface area contributed by atoms with Gasteiger partial charge in [0.2, 0.25) is 0 Å². The van der Waals surface area contributed by atoms with E-state index < -0.39 is 0 Å². The summed E-state index contributed by atoms with van der Waals surface area (Å²) < 4.78 is 2.17. The van der Waals surface area contributed by atoms with Gasteiger partial charge in [-0.3, -0.25) is 0 Å². The van der Waals surface area contributed by atoms with Gasteiger partial charge in [-0.05, 0) is 18.9 Å². The molecule has 0 spiro atoms. The largest absolute Gasteiger partial charge is 0.388 e. The third kappa shape index (κ3) is 4.90. The predicted octanol–water partition coefficient (Wildman–Crippen LogP) is 5.03. The van der Waals surface area contributed by atoms with Gasteiger partial charge in [-0.2, -0.15) is 0 Å². The minimum Gasteiger partial charge on any atom is -0.388 e. The van der Waals surface area contributed by atoms with Crippen LogP contribution in [-0.2, 0) is 18.0 Å². The van der Waals surface area contributed by atoms with Crippen LogP contribution in [0.2, 0.25) is 0 Å². The summed E-state index contributed by atoms with van der Waals surface area (Å²) in [5.41, 5.74) is 8.75. The molecule has 0 unspecified atom stereocenters. The van der Waals surface area contributed by atoms with Gasteiger partial charge in [0, 0.05) is 18.1 Å². The van der Waals surface area contributed by atoms with Crippen molar-refractivity contribution >= 4 is 34.0 Å². The van der Waals surface area contributed by atoms with Crippen LogP contribution in [0.25, 0.3) is 21.9 Å². The first-order valence-electron chi connectivity index (χ1n) is 9.75. The first kappa shape index (κ1) is 20.3. The number of hydrogen-bond donors (Lipinski definition) is 1. The summed E-state index contributed by atoms with van der Waals surface area (Å²) in [6, 6.07) is 20.0. The third-order valence-corrected chi connectivity index (χ3v) is 4.28. The number of oxime groups is 1. The van der Waals surface area contributed by atoms with Gasteiger partial charge in [0.25, 0.3) is 0 Å². The summed E-state index contributed by atoms with van der Waals surface area (Å²) in [5, 5.41) is 4.87. The Morgan fingerprint density at radius 3 is 2.31 bits per heavy atom. The summed E-state index contributed by atoms with van der Waals surface area (Å²) in [5.74, 6) is 1.72. The van der Waals surface area contributed by atoms with Crippen molar-refractivity contribution < 1.29 is 4.84 Å². The monoisotopic (exact) mass is 389 g/mol. The molecule has 2 aromatic heterocycles. The molecule has 2 heterocycles. The summed E-state index contributed by atoms with van der Waals surface area (Å²) in [6.07, 6.45) is 1.61. The Bertz CT molecular complexity index is 1060. The van der Waals surface area contributed by atoms with Gasteiger partial charge in [0.1, 0.15) is 5.52 Å². The smallest absolute Gasteiger partial charge is 0.174 e. The molecule has 0 radical (unpaired) electrons. The number of rotatable bonds is 5. The van der Waals surface area contributed by atoms with Crippen molar-refractivity contribution in [1.29, 1.82) is 0 Å². The van der Waals surface area contributed by atoms with Crippen molar-refractivity contribution in [3.05, 3.63) is 66.5 Å². The Morgan fingerprint density at radius 2 is 1.69 bits per heavy atom. The van der Waals surface area contributed by atoms with Crippen LogP contribution in [0.5, 0.6) is 0 Å². The lowest BCUT2D eigenvalue weighted by molar-refractivity contribution is 0.123. The summed E-state index contributed by atoms with van der Waals surface area (Å²) >= 11 is 0. The molecule has 0 aliphatic rings. The Balaban J connectivity index is 0.000000343. The standard InChI is InChI=1S/C17H21N5O.C6H6/c1-4-19-23-10-14-21-15-16(22(14)9-11(2)3)12-7-5-6-8-13(12)20-17(15)18;1-2-4-6-5-3-1/h4-8,11H,9-10H2,1-3H3,(H2,18,20);1-6H/b19-4+;. The van der Waals surface area contributed by atoms with E-state index >= 15 is 0 Å². The van der Waals surface area contributed by atoms with Crippen LogP contribution in [0, 0.1) is 5.92 Å². The number of hydrogen-bond acceptors (Lipinski definition) is 5. The van der Waals surface area contributed by atoms with Crippen LogP contribution in [-0.4, -0.2) is 20.7 Å². The Hall–Kier alpha value is -3.41. The minimum absolute atomic E-state index is 0.305. The molecule has 2 aromatic carbocycles. The molecule has 0 saturated carbocycles. The first-order chi connectivity index (χ1) is 14.1. The number of nitrogen functional groups attached to an aromatic ring is 1. The van der Waals surface area contributed by atoms with Crippen LogP contribution in [0.3, 0.4) is 0 Å². The second-order valence-corrected chi connectivity index (χ2v) is 7.04. The fourth-order valence-corrected chi connectivity index (χ4v) is 3.13. The molecule has 0 aliphatic heterocycles. The van der Waals surface area contributed by atoms with Crippen molar-refractivity contribution in [3.8, 4) is 0 Å². The van der Waals surface area contributed by atoms with Gasteiger partial charge in [0.15, 0.2) is 18.2 Å². The normalized spacial score (nSPS) is 11.2. The molecule has 2 N–H and O–H groups in total. The number of fused-ring (bicyclic) bond motifs is 3. The lowest BCUT2D eigenvalue weighted by Gasteiger charge is -2.12. The summed E-state index contributed by atoms with van der Waals surface area (Å²) in [4.78, 5) is 14.4. The molecule has 6 heteroatoms. The Labute approximate surface area is 171 Å².